The van der Waals surface area contributed by atoms with Gasteiger partial charge in [0.15, 0.2) is 0 Å². The van der Waals surface area contributed by atoms with Crippen LogP contribution in [-0.4, -0.2) is 68.3 Å². The van der Waals surface area contributed by atoms with Crippen LogP contribution < -0.4 is 5.11 Å². The highest BCUT2D eigenvalue weighted by Gasteiger charge is 2.48. The van der Waals surface area contributed by atoms with Crippen LogP contribution in [0.4, 0.5) is 0 Å². The van der Waals surface area contributed by atoms with E-state index in [1.54, 1.807) is 0 Å². The quantitative estimate of drug-likeness (QED) is 0.344. The summed E-state index contributed by atoms with van der Waals surface area (Å²) in [7, 11) is 0. The van der Waals surface area contributed by atoms with Gasteiger partial charge in [-0.05, 0) is 0 Å². The number of rotatable bonds is 4. The lowest BCUT2D eigenvalue weighted by Gasteiger charge is -2.45. The van der Waals surface area contributed by atoms with Gasteiger partial charge in [-0.3, -0.25) is 0 Å². The second kappa shape index (κ2) is 5.47. The molecule has 0 radical (unpaired) electrons. The Balaban J connectivity index is 2.92. The minimum absolute atomic E-state index is 0.602. The number of carbonyl (C=O) groups is 1. The van der Waals surface area contributed by atoms with Crippen LogP contribution in [0.5, 0.6) is 0 Å². The van der Waals surface area contributed by atoms with Crippen molar-refractivity contribution in [1.82, 2.24) is 0 Å². The molecule has 0 amide bonds. The molecule has 1 heterocycles. The topological polar surface area (TPSA) is 151 Å². The van der Waals surface area contributed by atoms with Crippen molar-refractivity contribution < 1.29 is 40.2 Å². The Morgan fingerprint density at radius 3 is 2.56 bits per heavy atom. The maximum Gasteiger partial charge on any atom is 0.209 e. The molecule has 1 fully saturated rings. The molecule has 1 aliphatic heterocycles. The molecule has 106 valence electrons. The summed E-state index contributed by atoms with van der Waals surface area (Å²) in [5.74, 6) is -5.41. The van der Waals surface area contributed by atoms with E-state index in [1.165, 1.54) is 6.92 Å². The number of carboxylic acid groups (broad SMARTS) is 1. The Labute approximate surface area is 103 Å². The van der Waals surface area contributed by atoms with Gasteiger partial charge < -0.3 is 40.2 Å². The Morgan fingerprint density at radius 2 is 2.11 bits per heavy atom. The van der Waals surface area contributed by atoms with Crippen LogP contribution in [-0.2, 0) is 9.53 Å². The molecule has 0 aliphatic carbocycles. The number of carbonyl (C=O) groups excluding carboxylic acids is 1. The van der Waals surface area contributed by atoms with Gasteiger partial charge >= 0.3 is 0 Å². The van der Waals surface area contributed by atoms with E-state index in [2.05, 4.69) is 0 Å². The molecule has 18 heavy (non-hydrogen) atoms. The van der Waals surface area contributed by atoms with E-state index < -0.39 is 55.1 Å². The van der Waals surface area contributed by atoms with Crippen LogP contribution in [0.1, 0.15) is 13.3 Å². The summed E-state index contributed by atoms with van der Waals surface area (Å²) in [4.78, 5) is 10.7. The first-order chi connectivity index (χ1) is 8.23. The van der Waals surface area contributed by atoms with Gasteiger partial charge in [-0.15, -0.1) is 0 Å². The molecule has 8 heteroatoms. The number of ether oxygens (including phenoxy) is 1. The summed E-state index contributed by atoms with van der Waals surface area (Å²) < 4.78 is 4.82. The second-order valence-electron chi connectivity index (χ2n) is 4.53. The first-order valence-electron chi connectivity index (χ1n) is 5.49. The third kappa shape index (κ3) is 2.79. The van der Waals surface area contributed by atoms with Gasteiger partial charge in [0.25, 0.3) is 0 Å². The fraction of sp³-hybridized carbons (Fsp3) is 0.900. The van der Waals surface area contributed by atoms with Gasteiger partial charge in [-0.25, -0.2) is 0 Å². The fourth-order valence-corrected chi connectivity index (χ4v) is 1.91. The molecule has 0 aromatic heterocycles. The smallest absolute Gasteiger partial charge is 0.209 e. The van der Waals surface area contributed by atoms with Crippen LogP contribution >= 0.6 is 0 Å². The monoisotopic (exact) mass is 265 g/mol. The molecule has 6 atom stereocenters. The van der Waals surface area contributed by atoms with Crippen LogP contribution in [0.2, 0.25) is 0 Å². The zero-order valence-corrected chi connectivity index (χ0v) is 9.76. The van der Waals surface area contributed by atoms with Crippen LogP contribution in [0.3, 0.4) is 0 Å². The van der Waals surface area contributed by atoms with E-state index in [1.807, 2.05) is 0 Å². The van der Waals surface area contributed by atoms with Gasteiger partial charge in [-0.1, -0.05) is 6.92 Å². The van der Waals surface area contributed by atoms with Crippen molar-refractivity contribution in [3.63, 3.8) is 0 Å². The number of carboxylic acids is 1. The summed E-state index contributed by atoms with van der Waals surface area (Å²) in [5, 5.41) is 57.7. The molecule has 1 unspecified atom stereocenters. The molecular weight excluding hydrogens is 248 g/mol. The first kappa shape index (κ1) is 15.3. The molecule has 0 bridgehead atoms. The summed E-state index contributed by atoms with van der Waals surface area (Å²) in [6.07, 6.45) is -6.43. The van der Waals surface area contributed by atoms with E-state index in [4.69, 9.17) is 9.84 Å². The zero-order valence-electron chi connectivity index (χ0n) is 9.76. The minimum atomic E-state index is -2.73. The summed E-state index contributed by atoms with van der Waals surface area (Å²) in [6.45, 7) is 0.686. The summed E-state index contributed by atoms with van der Waals surface area (Å²) in [5.41, 5.74) is 0. The van der Waals surface area contributed by atoms with Gasteiger partial charge in [-0.2, -0.15) is 0 Å². The summed E-state index contributed by atoms with van der Waals surface area (Å²) in [6, 6.07) is 0. The highest BCUT2D eigenvalue weighted by atomic mass is 16.7. The lowest BCUT2D eigenvalue weighted by Crippen LogP contribution is -2.63. The number of aliphatic hydroxyl groups excluding tert-OH is 4. The van der Waals surface area contributed by atoms with E-state index >= 15 is 0 Å². The first-order valence-corrected chi connectivity index (χ1v) is 5.49. The van der Waals surface area contributed by atoms with Gasteiger partial charge in [0.05, 0.1) is 18.8 Å². The van der Waals surface area contributed by atoms with Crippen molar-refractivity contribution in [2.75, 3.05) is 6.61 Å². The van der Waals surface area contributed by atoms with Crippen molar-refractivity contribution in [1.29, 1.82) is 0 Å². The highest BCUT2D eigenvalue weighted by Crippen LogP contribution is 2.33. The maximum absolute atomic E-state index is 10.7. The number of aliphatic hydroxyl groups is 5. The largest absolute Gasteiger partial charge is 0.544 e. The molecule has 5 N–H and O–H groups in total. The lowest BCUT2D eigenvalue weighted by molar-refractivity contribution is -0.376. The number of hydrogen-bond donors (Lipinski definition) is 5. The minimum Gasteiger partial charge on any atom is -0.544 e. The Kier molecular flexibility index (Phi) is 4.65. The van der Waals surface area contributed by atoms with Crippen LogP contribution in [0.15, 0.2) is 0 Å². The number of hydrogen-bond acceptors (Lipinski definition) is 8. The second-order valence-corrected chi connectivity index (χ2v) is 4.53. The molecule has 1 aliphatic rings. The molecule has 0 saturated carbocycles. The average Bonchev–Trinajstić information content (AvgIpc) is 2.31. The third-order valence-electron chi connectivity index (χ3n) is 3.18. The van der Waals surface area contributed by atoms with Crippen molar-refractivity contribution in [2.24, 2.45) is 5.92 Å². The molecule has 1 rings (SSSR count). The van der Waals surface area contributed by atoms with Crippen LogP contribution in [0, 0.1) is 5.92 Å². The van der Waals surface area contributed by atoms with Crippen molar-refractivity contribution >= 4 is 5.97 Å². The molecular formula is C10H17O8-. The lowest BCUT2D eigenvalue weighted by atomic mass is 9.85. The SMILES string of the molecule is C[C@H]1C([C@H](O)[C@H](O)CO)O[C@@](O)(C(=O)[O-])C[C@H]1O. The molecule has 0 aromatic rings. The fourth-order valence-electron chi connectivity index (χ4n) is 1.91. The van der Waals surface area contributed by atoms with E-state index in [-0.39, 0.29) is 0 Å². The zero-order chi connectivity index (χ0) is 14.1. The Morgan fingerprint density at radius 1 is 1.56 bits per heavy atom. The van der Waals surface area contributed by atoms with E-state index in [9.17, 15) is 30.3 Å². The summed E-state index contributed by atoms with van der Waals surface area (Å²) >= 11 is 0. The van der Waals surface area contributed by atoms with Crippen molar-refractivity contribution in [3.8, 4) is 0 Å². The van der Waals surface area contributed by atoms with Crippen molar-refractivity contribution in [3.05, 3.63) is 0 Å². The van der Waals surface area contributed by atoms with E-state index in [0.29, 0.717) is 0 Å². The average molecular weight is 265 g/mol. The van der Waals surface area contributed by atoms with Crippen molar-refractivity contribution in [2.45, 2.75) is 43.5 Å². The predicted octanol–water partition coefficient (Wildman–Crippen LogP) is -4.08. The third-order valence-corrected chi connectivity index (χ3v) is 3.18. The molecule has 0 spiro atoms. The van der Waals surface area contributed by atoms with Gasteiger partial charge in [0, 0.05) is 12.3 Å². The highest BCUT2D eigenvalue weighted by molar-refractivity contribution is 5.73. The Hall–Kier alpha value is -0.770. The molecule has 1 saturated heterocycles. The Bertz CT molecular complexity index is 308. The van der Waals surface area contributed by atoms with Gasteiger partial charge in [0.2, 0.25) is 5.79 Å². The maximum atomic E-state index is 10.7. The number of aliphatic carboxylic acids is 1. The molecule has 0 aromatic carbocycles. The standard InChI is InChI=1S/C10H18O8/c1-4-5(12)2-10(17,9(15)16)18-8(4)7(14)6(13)3-11/h4-8,11-14,17H,2-3H2,1H3,(H,15,16)/p-1/t4-,5-,6-,7-,8?,10-/m1/s1. The van der Waals surface area contributed by atoms with Gasteiger partial charge in [0.1, 0.15) is 18.2 Å². The van der Waals surface area contributed by atoms with E-state index in [0.717, 1.165) is 0 Å². The molecule has 8 nitrogen and oxygen atoms in total. The normalized spacial score (nSPS) is 40.2. The predicted molar refractivity (Wildman–Crippen MR) is 53.7 cm³/mol. The van der Waals surface area contributed by atoms with Crippen LogP contribution in [0.25, 0.3) is 0 Å².